The lowest BCUT2D eigenvalue weighted by atomic mass is 9.99. The minimum Gasteiger partial charge on any atom is -0.338 e. The van der Waals surface area contributed by atoms with Gasteiger partial charge in [0.25, 0.3) is 5.91 Å². The number of carbonyl (C=O) groups is 1. The summed E-state index contributed by atoms with van der Waals surface area (Å²) in [6.07, 6.45) is 5.98. The Balaban J connectivity index is 1.58. The molecule has 1 aromatic rings. The zero-order valence-electron chi connectivity index (χ0n) is 12.4. The van der Waals surface area contributed by atoms with Gasteiger partial charge < -0.3 is 9.80 Å². The molecule has 0 spiro atoms. The first kappa shape index (κ1) is 14.5. The van der Waals surface area contributed by atoms with Crippen molar-refractivity contribution in [3.8, 4) is 0 Å². The number of nitrogens with zero attached hydrogens (tertiary/aromatic N) is 2. The van der Waals surface area contributed by atoms with Crippen molar-refractivity contribution in [3.63, 3.8) is 0 Å². The molecule has 0 N–H and O–H groups in total. The Hall–Kier alpha value is -1.42. The van der Waals surface area contributed by atoms with Crippen LogP contribution in [0.15, 0.2) is 24.3 Å². The molecule has 1 amide bonds. The number of hydrogen-bond acceptors (Lipinski definition) is 2. The predicted molar refractivity (Wildman–Crippen MR) is 80.7 cm³/mol. The highest BCUT2D eigenvalue weighted by molar-refractivity contribution is 5.94. The van der Waals surface area contributed by atoms with E-state index < -0.39 is 5.82 Å². The smallest absolute Gasteiger partial charge is 0.256 e. The summed E-state index contributed by atoms with van der Waals surface area (Å²) in [5, 5.41) is 0. The molecule has 3 nitrogen and oxygen atoms in total. The standard InChI is InChI=1S/C17H23FN2O/c18-16-7-3-2-6-15(16)17(21)20-12-8-14(9-13-20)19-10-4-1-5-11-19/h2-3,6-7,14H,1,4-5,8-13H2. The first-order chi connectivity index (χ1) is 10.3. The van der Waals surface area contributed by atoms with Crippen molar-refractivity contribution >= 4 is 5.91 Å². The second-order valence-electron chi connectivity index (χ2n) is 6.10. The Morgan fingerprint density at radius 3 is 2.33 bits per heavy atom. The van der Waals surface area contributed by atoms with Crippen LogP contribution < -0.4 is 0 Å². The van der Waals surface area contributed by atoms with Gasteiger partial charge in [-0.3, -0.25) is 4.79 Å². The summed E-state index contributed by atoms with van der Waals surface area (Å²) < 4.78 is 13.7. The number of likely N-dealkylation sites (tertiary alicyclic amines) is 2. The summed E-state index contributed by atoms with van der Waals surface area (Å²) in [6, 6.07) is 6.88. The topological polar surface area (TPSA) is 23.6 Å². The monoisotopic (exact) mass is 290 g/mol. The van der Waals surface area contributed by atoms with Crippen molar-refractivity contribution in [2.75, 3.05) is 26.2 Å². The molecular weight excluding hydrogens is 267 g/mol. The zero-order chi connectivity index (χ0) is 14.7. The van der Waals surface area contributed by atoms with Crippen LogP contribution in [0.3, 0.4) is 0 Å². The van der Waals surface area contributed by atoms with Crippen LogP contribution >= 0.6 is 0 Å². The van der Waals surface area contributed by atoms with Gasteiger partial charge in [0, 0.05) is 19.1 Å². The number of carbonyl (C=O) groups excluding carboxylic acids is 1. The maximum Gasteiger partial charge on any atom is 0.256 e. The van der Waals surface area contributed by atoms with E-state index in [1.54, 1.807) is 23.1 Å². The molecule has 2 fully saturated rings. The van der Waals surface area contributed by atoms with Gasteiger partial charge in [0.2, 0.25) is 0 Å². The van der Waals surface area contributed by atoms with Crippen LogP contribution in [0.2, 0.25) is 0 Å². The van der Waals surface area contributed by atoms with E-state index in [-0.39, 0.29) is 11.5 Å². The van der Waals surface area contributed by atoms with Gasteiger partial charge >= 0.3 is 0 Å². The molecule has 0 aliphatic carbocycles. The Morgan fingerprint density at radius 2 is 1.67 bits per heavy atom. The number of hydrogen-bond donors (Lipinski definition) is 0. The average Bonchev–Trinajstić information content (AvgIpc) is 2.56. The summed E-state index contributed by atoms with van der Waals surface area (Å²) >= 11 is 0. The van der Waals surface area contributed by atoms with Crippen LogP contribution in [0, 0.1) is 5.82 Å². The van der Waals surface area contributed by atoms with Crippen molar-refractivity contribution in [1.82, 2.24) is 9.80 Å². The van der Waals surface area contributed by atoms with E-state index >= 15 is 0 Å². The number of piperidine rings is 2. The zero-order valence-corrected chi connectivity index (χ0v) is 12.4. The molecule has 0 saturated carbocycles. The third-order valence-electron chi connectivity index (χ3n) is 4.76. The normalized spacial score (nSPS) is 21.5. The van der Waals surface area contributed by atoms with Gasteiger partial charge in [-0.15, -0.1) is 0 Å². The van der Waals surface area contributed by atoms with Gasteiger partial charge in [-0.05, 0) is 50.9 Å². The molecule has 0 unspecified atom stereocenters. The number of rotatable bonds is 2. The second kappa shape index (κ2) is 6.56. The Morgan fingerprint density at radius 1 is 1.00 bits per heavy atom. The van der Waals surface area contributed by atoms with Crippen LogP contribution in [0.25, 0.3) is 0 Å². The SMILES string of the molecule is O=C(c1ccccc1F)N1CCC(N2CCCCC2)CC1. The van der Waals surface area contributed by atoms with Gasteiger partial charge in [0.1, 0.15) is 5.82 Å². The van der Waals surface area contributed by atoms with Crippen LogP contribution in [0.5, 0.6) is 0 Å². The molecule has 2 aliphatic heterocycles. The third-order valence-corrected chi connectivity index (χ3v) is 4.76. The average molecular weight is 290 g/mol. The van der Waals surface area contributed by atoms with Gasteiger partial charge in [-0.2, -0.15) is 0 Å². The molecular formula is C17H23FN2O. The highest BCUT2D eigenvalue weighted by Crippen LogP contribution is 2.22. The molecule has 2 aliphatic rings. The first-order valence-electron chi connectivity index (χ1n) is 8.03. The molecule has 21 heavy (non-hydrogen) atoms. The quantitative estimate of drug-likeness (QED) is 0.836. The van der Waals surface area contributed by atoms with Gasteiger partial charge in [-0.25, -0.2) is 4.39 Å². The summed E-state index contributed by atoms with van der Waals surface area (Å²) in [7, 11) is 0. The summed E-state index contributed by atoms with van der Waals surface area (Å²) in [6.45, 7) is 3.89. The first-order valence-corrected chi connectivity index (χ1v) is 8.03. The Bertz CT molecular complexity index is 491. The van der Waals surface area contributed by atoms with Crippen LogP contribution in [0.4, 0.5) is 4.39 Å². The Kier molecular flexibility index (Phi) is 4.54. The predicted octanol–water partition coefficient (Wildman–Crippen LogP) is 2.92. The summed E-state index contributed by atoms with van der Waals surface area (Å²) in [4.78, 5) is 16.8. The van der Waals surface area contributed by atoms with E-state index in [0.717, 1.165) is 25.9 Å². The van der Waals surface area contributed by atoms with Crippen molar-refractivity contribution < 1.29 is 9.18 Å². The highest BCUT2D eigenvalue weighted by atomic mass is 19.1. The maximum absolute atomic E-state index is 13.7. The molecule has 0 aromatic heterocycles. The summed E-state index contributed by atoms with van der Waals surface area (Å²) in [5.74, 6) is -0.578. The highest BCUT2D eigenvalue weighted by Gasteiger charge is 2.28. The van der Waals surface area contributed by atoms with E-state index in [0.29, 0.717) is 6.04 Å². The van der Waals surface area contributed by atoms with Crippen LogP contribution in [0.1, 0.15) is 42.5 Å². The van der Waals surface area contributed by atoms with Crippen molar-refractivity contribution in [2.45, 2.75) is 38.1 Å². The molecule has 0 atom stereocenters. The fourth-order valence-corrected chi connectivity index (χ4v) is 3.52. The molecule has 4 heteroatoms. The lowest BCUT2D eigenvalue weighted by molar-refractivity contribution is 0.0586. The van der Waals surface area contributed by atoms with E-state index in [1.807, 2.05) is 0 Å². The number of halogens is 1. The van der Waals surface area contributed by atoms with Gasteiger partial charge in [0.15, 0.2) is 0 Å². The molecule has 0 radical (unpaired) electrons. The molecule has 3 rings (SSSR count). The van der Waals surface area contributed by atoms with E-state index in [2.05, 4.69) is 4.90 Å². The lowest BCUT2D eigenvalue weighted by Gasteiger charge is -2.40. The fraction of sp³-hybridized carbons (Fsp3) is 0.588. The van der Waals surface area contributed by atoms with Crippen molar-refractivity contribution in [3.05, 3.63) is 35.6 Å². The third kappa shape index (κ3) is 3.26. The largest absolute Gasteiger partial charge is 0.338 e. The fourth-order valence-electron chi connectivity index (χ4n) is 3.52. The molecule has 2 heterocycles. The second-order valence-corrected chi connectivity index (χ2v) is 6.10. The molecule has 114 valence electrons. The molecule has 2 saturated heterocycles. The number of amides is 1. The van der Waals surface area contributed by atoms with Crippen molar-refractivity contribution in [2.24, 2.45) is 0 Å². The van der Waals surface area contributed by atoms with E-state index in [1.165, 1.54) is 38.4 Å². The van der Waals surface area contributed by atoms with Crippen LogP contribution in [-0.4, -0.2) is 47.9 Å². The van der Waals surface area contributed by atoms with Gasteiger partial charge in [0.05, 0.1) is 5.56 Å². The lowest BCUT2D eigenvalue weighted by Crippen LogP contribution is -2.48. The Labute approximate surface area is 125 Å². The minimum atomic E-state index is -0.416. The number of benzene rings is 1. The summed E-state index contributed by atoms with van der Waals surface area (Å²) in [5.41, 5.74) is 0.203. The van der Waals surface area contributed by atoms with E-state index in [4.69, 9.17) is 0 Å². The van der Waals surface area contributed by atoms with Crippen molar-refractivity contribution in [1.29, 1.82) is 0 Å². The molecule has 0 bridgehead atoms. The van der Waals surface area contributed by atoms with Gasteiger partial charge in [-0.1, -0.05) is 18.6 Å². The maximum atomic E-state index is 13.7. The van der Waals surface area contributed by atoms with Crippen LogP contribution in [-0.2, 0) is 0 Å². The minimum absolute atomic E-state index is 0.162. The molecule has 1 aromatic carbocycles. The van der Waals surface area contributed by atoms with E-state index in [9.17, 15) is 9.18 Å².